The lowest BCUT2D eigenvalue weighted by Crippen LogP contribution is -2.39. The molecule has 22 heavy (non-hydrogen) atoms. The molecule has 5 heteroatoms. The number of amides is 1. The molecule has 5 nitrogen and oxygen atoms in total. The molecule has 116 valence electrons. The summed E-state index contributed by atoms with van der Waals surface area (Å²) in [4.78, 5) is 13.5. The minimum absolute atomic E-state index is 0.189. The van der Waals surface area contributed by atoms with Gasteiger partial charge in [-0.05, 0) is 32.1 Å². The first-order valence-corrected chi connectivity index (χ1v) is 7.89. The lowest BCUT2D eigenvalue weighted by molar-refractivity contribution is 0.0917. The molecule has 1 fully saturated rings. The Labute approximate surface area is 130 Å². The van der Waals surface area contributed by atoms with E-state index in [1.807, 2.05) is 25.3 Å². The molecule has 0 spiro atoms. The number of benzene rings is 1. The van der Waals surface area contributed by atoms with Gasteiger partial charge in [-0.3, -0.25) is 0 Å². The highest BCUT2D eigenvalue weighted by Crippen LogP contribution is 2.24. The predicted octanol–water partition coefficient (Wildman–Crippen LogP) is 3.04. The number of nitrogens with zero attached hydrogens (tertiary/aromatic N) is 3. The van der Waals surface area contributed by atoms with Crippen molar-refractivity contribution in [3.63, 3.8) is 0 Å². The molecule has 0 saturated carbocycles. The van der Waals surface area contributed by atoms with Gasteiger partial charge in [0.25, 0.3) is 0 Å². The summed E-state index contributed by atoms with van der Waals surface area (Å²) in [6.07, 6.45) is 4.52. The van der Waals surface area contributed by atoms with Gasteiger partial charge in [0, 0.05) is 23.9 Å². The summed E-state index contributed by atoms with van der Waals surface area (Å²) >= 11 is 0. The lowest BCUT2D eigenvalue weighted by Gasteiger charge is -2.31. The van der Waals surface area contributed by atoms with Gasteiger partial charge < -0.3 is 9.64 Å². The molecular formula is C17H21N3O2. The van der Waals surface area contributed by atoms with Crippen LogP contribution >= 0.6 is 0 Å². The zero-order chi connectivity index (χ0) is 15.4. The van der Waals surface area contributed by atoms with Crippen molar-refractivity contribution in [2.45, 2.75) is 26.2 Å². The third-order valence-corrected chi connectivity index (χ3v) is 4.27. The summed E-state index contributed by atoms with van der Waals surface area (Å²) in [6, 6.07) is 8.23. The van der Waals surface area contributed by atoms with Gasteiger partial charge in [-0.1, -0.05) is 24.3 Å². The zero-order valence-corrected chi connectivity index (χ0v) is 12.9. The maximum Gasteiger partial charge on any atom is 0.409 e. The topological polar surface area (TPSA) is 55.3 Å². The van der Waals surface area contributed by atoms with Gasteiger partial charge >= 0.3 is 6.09 Å². The maximum atomic E-state index is 11.7. The molecule has 0 bridgehead atoms. The van der Waals surface area contributed by atoms with Crippen LogP contribution in [0.5, 0.6) is 0 Å². The van der Waals surface area contributed by atoms with E-state index in [1.165, 1.54) is 5.39 Å². The van der Waals surface area contributed by atoms with Crippen LogP contribution in [-0.4, -0.2) is 40.9 Å². The molecule has 1 amide bonds. The number of rotatable bonds is 3. The number of aromatic nitrogens is 2. The molecule has 1 aliphatic heterocycles. The van der Waals surface area contributed by atoms with Gasteiger partial charge in [-0.25, -0.2) is 4.79 Å². The number of hydrogen-bond donors (Lipinski definition) is 0. The van der Waals surface area contributed by atoms with Crippen LogP contribution in [0, 0.1) is 5.92 Å². The molecule has 1 saturated heterocycles. The fourth-order valence-corrected chi connectivity index (χ4v) is 3.05. The number of piperidine rings is 1. The number of ether oxygens (including phenoxy) is 1. The van der Waals surface area contributed by atoms with E-state index in [2.05, 4.69) is 22.3 Å². The molecule has 1 aromatic carbocycles. The van der Waals surface area contributed by atoms with Crippen molar-refractivity contribution in [3.8, 4) is 0 Å². The quantitative estimate of drug-likeness (QED) is 0.874. The largest absolute Gasteiger partial charge is 0.450 e. The first-order chi connectivity index (χ1) is 10.8. The minimum Gasteiger partial charge on any atom is -0.450 e. The van der Waals surface area contributed by atoms with E-state index >= 15 is 0 Å². The van der Waals surface area contributed by atoms with E-state index in [-0.39, 0.29) is 6.09 Å². The second-order valence-corrected chi connectivity index (χ2v) is 5.71. The van der Waals surface area contributed by atoms with Crippen LogP contribution in [0.2, 0.25) is 0 Å². The van der Waals surface area contributed by atoms with Crippen LogP contribution in [0.15, 0.2) is 30.5 Å². The van der Waals surface area contributed by atoms with Crippen molar-refractivity contribution in [2.24, 2.45) is 5.92 Å². The van der Waals surface area contributed by atoms with Crippen molar-refractivity contribution in [1.82, 2.24) is 15.1 Å². The number of likely N-dealkylation sites (tertiary alicyclic amines) is 1. The third-order valence-electron chi connectivity index (χ3n) is 4.27. The number of carbonyl (C=O) groups is 1. The molecule has 1 aromatic heterocycles. The van der Waals surface area contributed by atoms with Gasteiger partial charge in [-0.15, -0.1) is 0 Å². The highest BCUT2D eigenvalue weighted by Gasteiger charge is 2.24. The molecule has 0 atom stereocenters. The summed E-state index contributed by atoms with van der Waals surface area (Å²) in [6.45, 7) is 3.80. The van der Waals surface area contributed by atoms with Crippen LogP contribution in [-0.2, 0) is 11.2 Å². The summed E-state index contributed by atoms with van der Waals surface area (Å²) in [5.41, 5.74) is 1.06. The fraction of sp³-hybridized carbons (Fsp3) is 0.471. The normalized spacial score (nSPS) is 16.0. The van der Waals surface area contributed by atoms with Crippen LogP contribution < -0.4 is 0 Å². The Kier molecular flexibility index (Phi) is 4.51. The van der Waals surface area contributed by atoms with Crippen LogP contribution in [0.25, 0.3) is 10.8 Å². The Morgan fingerprint density at radius 1 is 1.32 bits per heavy atom. The average Bonchev–Trinajstić information content (AvgIpc) is 2.56. The van der Waals surface area contributed by atoms with Gasteiger partial charge in [0.05, 0.1) is 18.5 Å². The lowest BCUT2D eigenvalue weighted by atomic mass is 9.91. The molecular weight excluding hydrogens is 278 g/mol. The van der Waals surface area contributed by atoms with Crippen molar-refractivity contribution in [2.75, 3.05) is 19.7 Å². The molecule has 0 radical (unpaired) electrons. The van der Waals surface area contributed by atoms with Crippen molar-refractivity contribution in [3.05, 3.63) is 36.2 Å². The van der Waals surface area contributed by atoms with E-state index in [0.717, 1.165) is 43.4 Å². The van der Waals surface area contributed by atoms with Crippen molar-refractivity contribution in [1.29, 1.82) is 0 Å². The van der Waals surface area contributed by atoms with Crippen molar-refractivity contribution < 1.29 is 9.53 Å². The molecule has 0 N–H and O–H groups in total. The van der Waals surface area contributed by atoms with Gasteiger partial charge in [0.15, 0.2) is 0 Å². The highest BCUT2D eigenvalue weighted by atomic mass is 16.6. The van der Waals surface area contributed by atoms with Gasteiger partial charge in [-0.2, -0.15) is 10.2 Å². The first-order valence-electron chi connectivity index (χ1n) is 7.89. The van der Waals surface area contributed by atoms with E-state index < -0.39 is 0 Å². The summed E-state index contributed by atoms with van der Waals surface area (Å²) in [7, 11) is 0. The zero-order valence-electron chi connectivity index (χ0n) is 12.9. The molecule has 2 heterocycles. The van der Waals surface area contributed by atoms with Crippen LogP contribution in [0.3, 0.4) is 0 Å². The van der Waals surface area contributed by atoms with E-state index in [9.17, 15) is 4.79 Å². The predicted molar refractivity (Wildman–Crippen MR) is 84.6 cm³/mol. The molecule has 1 aliphatic rings. The SMILES string of the molecule is CCOC(=O)N1CCC(Cc2nncc3ccccc23)CC1. The Morgan fingerprint density at radius 3 is 2.86 bits per heavy atom. The third kappa shape index (κ3) is 3.18. The second kappa shape index (κ2) is 6.73. The number of hydrogen-bond acceptors (Lipinski definition) is 4. The Morgan fingerprint density at radius 2 is 2.09 bits per heavy atom. The summed E-state index contributed by atoms with van der Waals surface area (Å²) < 4.78 is 5.06. The first kappa shape index (κ1) is 14.8. The standard InChI is InChI=1S/C17H21N3O2/c1-2-22-17(21)20-9-7-13(8-10-20)11-16-15-6-4-3-5-14(15)12-18-19-16/h3-6,12-13H,2,7-11H2,1H3. The second-order valence-electron chi connectivity index (χ2n) is 5.71. The molecule has 2 aromatic rings. The summed E-state index contributed by atoms with van der Waals surface area (Å²) in [5, 5.41) is 10.8. The Balaban J connectivity index is 1.64. The van der Waals surface area contributed by atoms with E-state index in [1.54, 1.807) is 4.90 Å². The molecule has 0 aliphatic carbocycles. The van der Waals surface area contributed by atoms with E-state index in [0.29, 0.717) is 12.5 Å². The van der Waals surface area contributed by atoms with Crippen molar-refractivity contribution >= 4 is 16.9 Å². The smallest absolute Gasteiger partial charge is 0.409 e. The fourth-order valence-electron chi connectivity index (χ4n) is 3.05. The maximum absolute atomic E-state index is 11.7. The average molecular weight is 299 g/mol. The van der Waals surface area contributed by atoms with Crippen LogP contribution in [0.1, 0.15) is 25.5 Å². The Bertz CT molecular complexity index is 646. The molecule has 0 unspecified atom stereocenters. The van der Waals surface area contributed by atoms with Gasteiger partial charge in [0.1, 0.15) is 0 Å². The van der Waals surface area contributed by atoms with E-state index in [4.69, 9.17) is 4.74 Å². The van der Waals surface area contributed by atoms with Gasteiger partial charge in [0.2, 0.25) is 0 Å². The Hall–Kier alpha value is -2.17. The molecule has 3 rings (SSSR count). The number of fused-ring (bicyclic) bond motifs is 1. The highest BCUT2D eigenvalue weighted by molar-refractivity contribution is 5.83. The summed E-state index contributed by atoms with van der Waals surface area (Å²) in [5.74, 6) is 0.547. The monoisotopic (exact) mass is 299 g/mol. The number of carbonyl (C=O) groups excluding carboxylic acids is 1. The van der Waals surface area contributed by atoms with Crippen LogP contribution in [0.4, 0.5) is 4.79 Å². The minimum atomic E-state index is -0.189.